The summed E-state index contributed by atoms with van der Waals surface area (Å²) in [7, 11) is 1.59. The summed E-state index contributed by atoms with van der Waals surface area (Å²) in [6, 6.07) is 16.0. The molecule has 1 unspecified atom stereocenters. The minimum absolute atomic E-state index is 0.00138. The Balaban J connectivity index is 1.72. The first kappa shape index (κ1) is 20.4. The molecule has 1 saturated heterocycles. The zero-order valence-corrected chi connectivity index (χ0v) is 16.9. The maximum absolute atomic E-state index is 12.7. The normalized spacial score (nSPS) is 17.3. The van der Waals surface area contributed by atoms with Gasteiger partial charge in [-0.15, -0.1) is 0 Å². The fraction of sp³-hybridized carbons (Fsp3) is 0.238. The molecule has 1 fully saturated rings. The number of nitrogens with zero attached hydrogens (tertiary/aromatic N) is 3. The highest BCUT2D eigenvalue weighted by Gasteiger charge is 2.38. The van der Waals surface area contributed by atoms with Crippen LogP contribution in [0.1, 0.15) is 18.9 Å². The lowest BCUT2D eigenvalue weighted by Crippen LogP contribution is -2.33. The number of carbonyl (C=O) groups is 2. The molecule has 0 spiro atoms. The molecule has 8 heteroatoms. The van der Waals surface area contributed by atoms with Gasteiger partial charge < -0.3 is 10.1 Å². The number of methoxy groups -OCH3 is 1. The Bertz CT molecular complexity index is 982. The van der Waals surface area contributed by atoms with Crippen molar-refractivity contribution in [3.63, 3.8) is 0 Å². The van der Waals surface area contributed by atoms with Gasteiger partial charge in [0.05, 0.1) is 24.0 Å². The molecule has 2 aromatic rings. The van der Waals surface area contributed by atoms with Crippen LogP contribution in [0, 0.1) is 11.3 Å². The van der Waals surface area contributed by atoms with Crippen molar-refractivity contribution in [2.75, 3.05) is 19.0 Å². The van der Waals surface area contributed by atoms with Gasteiger partial charge in [0.2, 0.25) is 11.8 Å². The van der Waals surface area contributed by atoms with Crippen molar-refractivity contribution < 1.29 is 14.3 Å². The molecule has 0 bridgehead atoms. The molecular weight excluding hydrogens is 388 g/mol. The molecule has 1 atom stereocenters. The number of para-hydroxylation sites is 1. The van der Waals surface area contributed by atoms with E-state index in [-0.39, 0.29) is 18.2 Å². The molecule has 148 valence electrons. The maximum Gasteiger partial charge on any atom is 0.242 e. The van der Waals surface area contributed by atoms with Gasteiger partial charge in [0.15, 0.2) is 5.17 Å². The van der Waals surface area contributed by atoms with E-state index in [0.29, 0.717) is 28.7 Å². The molecule has 1 aliphatic rings. The monoisotopic (exact) mass is 408 g/mol. The van der Waals surface area contributed by atoms with E-state index in [2.05, 4.69) is 10.3 Å². The number of benzene rings is 2. The van der Waals surface area contributed by atoms with Crippen molar-refractivity contribution >= 4 is 40.1 Å². The molecule has 7 nitrogen and oxygen atoms in total. The second-order valence-corrected chi connectivity index (χ2v) is 7.36. The summed E-state index contributed by atoms with van der Waals surface area (Å²) in [6.45, 7) is 2.34. The fourth-order valence-corrected chi connectivity index (χ4v) is 4.06. The number of aliphatic imine (C=N–C) groups is 1. The first-order valence-electron chi connectivity index (χ1n) is 9.05. The van der Waals surface area contributed by atoms with Crippen LogP contribution in [-0.2, 0) is 9.59 Å². The van der Waals surface area contributed by atoms with Crippen molar-refractivity contribution in [2.45, 2.75) is 18.6 Å². The second-order valence-electron chi connectivity index (χ2n) is 6.19. The van der Waals surface area contributed by atoms with Crippen LogP contribution in [-0.4, -0.2) is 40.8 Å². The Morgan fingerprint density at radius 1 is 1.28 bits per heavy atom. The number of amides is 2. The molecule has 1 N–H and O–H groups in total. The highest BCUT2D eigenvalue weighted by atomic mass is 32.2. The van der Waals surface area contributed by atoms with Crippen LogP contribution in [0.25, 0.3) is 0 Å². The van der Waals surface area contributed by atoms with Gasteiger partial charge in [-0.05, 0) is 43.3 Å². The van der Waals surface area contributed by atoms with E-state index in [0.717, 1.165) is 5.75 Å². The van der Waals surface area contributed by atoms with Crippen molar-refractivity contribution in [3.8, 4) is 11.8 Å². The summed E-state index contributed by atoms with van der Waals surface area (Å²) in [5.74, 6) is 0.262. The number of rotatable bonds is 6. The average Bonchev–Trinajstić information content (AvgIpc) is 3.02. The first-order valence-corrected chi connectivity index (χ1v) is 9.93. The molecule has 0 aromatic heterocycles. The van der Waals surface area contributed by atoms with Crippen LogP contribution in [0.3, 0.4) is 0 Å². The van der Waals surface area contributed by atoms with E-state index < -0.39 is 5.25 Å². The fourth-order valence-electron chi connectivity index (χ4n) is 2.84. The molecule has 2 aromatic carbocycles. The first-order chi connectivity index (χ1) is 14.0. The molecular formula is C21H20N4O3S. The van der Waals surface area contributed by atoms with Gasteiger partial charge in [0.1, 0.15) is 17.1 Å². The predicted octanol–water partition coefficient (Wildman–Crippen LogP) is 3.55. The van der Waals surface area contributed by atoms with Gasteiger partial charge in [0.25, 0.3) is 0 Å². The minimum atomic E-state index is -0.554. The number of hydrogen-bond donors (Lipinski definition) is 1. The summed E-state index contributed by atoms with van der Waals surface area (Å²) in [4.78, 5) is 31.3. The lowest BCUT2D eigenvalue weighted by molar-refractivity contribution is -0.128. The summed E-state index contributed by atoms with van der Waals surface area (Å²) in [5, 5.41) is 11.9. The Kier molecular flexibility index (Phi) is 6.52. The SMILES string of the molecule is CCN1C(=O)C(CC(=O)Nc2ccccc2C#N)SC1=Nc1ccc(OC)cc1. The van der Waals surface area contributed by atoms with E-state index >= 15 is 0 Å². The van der Waals surface area contributed by atoms with Crippen LogP contribution in [0.5, 0.6) is 5.75 Å². The number of thioether (sulfide) groups is 1. The topological polar surface area (TPSA) is 94.8 Å². The number of amidine groups is 1. The van der Waals surface area contributed by atoms with Gasteiger partial charge in [-0.2, -0.15) is 5.26 Å². The summed E-state index contributed by atoms with van der Waals surface area (Å²) in [6.07, 6.45) is 0.00138. The van der Waals surface area contributed by atoms with Crippen molar-refractivity contribution in [2.24, 2.45) is 4.99 Å². The van der Waals surface area contributed by atoms with E-state index in [4.69, 9.17) is 10.00 Å². The van der Waals surface area contributed by atoms with Crippen molar-refractivity contribution in [1.82, 2.24) is 4.90 Å². The van der Waals surface area contributed by atoms with Gasteiger partial charge >= 0.3 is 0 Å². The molecule has 1 aliphatic heterocycles. The third-order valence-electron chi connectivity index (χ3n) is 4.33. The third kappa shape index (κ3) is 4.76. The van der Waals surface area contributed by atoms with Crippen LogP contribution in [0.2, 0.25) is 0 Å². The predicted molar refractivity (Wildman–Crippen MR) is 113 cm³/mol. The van der Waals surface area contributed by atoms with E-state index in [9.17, 15) is 9.59 Å². The molecule has 2 amide bonds. The van der Waals surface area contributed by atoms with Crippen LogP contribution >= 0.6 is 11.8 Å². The quantitative estimate of drug-likeness (QED) is 0.789. The molecule has 0 saturated carbocycles. The third-order valence-corrected chi connectivity index (χ3v) is 5.50. The lowest BCUT2D eigenvalue weighted by atomic mass is 10.2. The summed E-state index contributed by atoms with van der Waals surface area (Å²) >= 11 is 1.27. The van der Waals surface area contributed by atoms with Crippen LogP contribution in [0.15, 0.2) is 53.5 Å². The summed E-state index contributed by atoms with van der Waals surface area (Å²) < 4.78 is 5.14. The Morgan fingerprint density at radius 2 is 2.00 bits per heavy atom. The zero-order chi connectivity index (χ0) is 20.8. The number of nitriles is 1. The summed E-state index contributed by atoms with van der Waals surface area (Å²) in [5.41, 5.74) is 1.52. The number of nitrogens with one attached hydrogen (secondary N) is 1. The van der Waals surface area contributed by atoms with E-state index in [1.807, 2.05) is 25.1 Å². The Morgan fingerprint density at radius 3 is 2.66 bits per heavy atom. The van der Waals surface area contributed by atoms with Crippen LogP contribution < -0.4 is 10.1 Å². The standard InChI is InChI=1S/C21H20N4O3S/c1-3-25-20(27)18(12-19(26)24-17-7-5-4-6-14(17)13-22)29-21(25)23-15-8-10-16(28-2)11-9-15/h4-11,18H,3,12H2,1-2H3,(H,24,26). The highest BCUT2D eigenvalue weighted by Crippen LogP contribution is 2.32. The van der Waals surface area contributed by atoms with Crippen molar-refractivity contribution in [1.29, 1.82) is 5.26 Å². The average molecular weight is 408 g/mol. The van der Waals surface area contributed by atoms with E-state index in [1.54, 1.807) is 48.4 Å². The van der Waals surface area contributed by atoms with E-state index in [1.165, 1.54) is 11.8 Å². The van der Waals surface area contributed by atoms with Gasteiger partial charge in [-0.3, -0.25) is 14.5 Å². The molecule has 29 heavy (non-hydrogen) atoms. The number of ether oxygens (including phenoxy) is 1. The number of hydrogen-bond acceptors (Lipinski definition) is 6. The second kappa shape index (κ2) is 9.26. The van der Waals surface area contributed by atoms with Crippen molar-refractivity contribution in [3.05, 3.63) is 54.1 Å². The maximum atomic E-state index is 12.7. The zero-order valence-electron chi connectivity index (χ0n) is 16.1. The Hall–Kier alpha value is -3.31. The van der Waals surface area contributed by atoms with Crippen LogP contribution in [0.4, 0.5) is 11.4 Å². The molecule has 3 rings (SSSR count). The lowest BCUT2D eigenvalue weighted by Gasteiger charge is -2.13. The van der Waals surface area contributed by atoms with Gasteiger partial charge in [0, 0.05) is 13.0 Å². The highest BCUT2D eigenvalue weighted by molar-refractivity contribution is 8.15. The Labute approximate surface area is 173 Å². The largest absolute Gasteiger partial charge is 0.497 e. The smallest absolute Gasteiger partial charge is 0.242 e. The number of carbonyl (C=O) groups excluding carboxylic acids is 2. The molecule has 0 radical (unpaired) electrons. The minimum Gasteiger partial charge on any atom is -0.497 e. The molecule has 1 heterocycles. The van der Waals surface area contributed by atoms with Gasteiger partial charge in [-0.25, -0.2) is 4.99 Å². The van der Waals surface area contributed by atoms with Gasteiger partial charge in [-0.1, -0.05) is 23.9 Å². The molecule has 0 aliphatic carbocycles. The number of anilines is 1.